The molecule has 0 atom stereocenters. The molecule has 0 aromatic rings. The van der Waals surface area contributed by atoms with Crippen molar-refractivity contribution >= 4 is 23.3 Å². The van der Waals surface area contributed by atoms with E-state index in [-0.39, 0.29) is 0 Å². The maximum atomic E-state index is 4.28. The van der Waals surface area contributed by atoms with Gasteiger partial charge in [-0.1, -0.05) is 0 Å². The third-order valence-electron chi connectivity index (χ3n) is 2.98. The average Bonchev–Trinajstić information content (AvgIpc) is 2.52. The summed E-state index contributed by atoms with van der Waals surface area (Å²) in [5, 5.41) is 14.8. The van der Waals surface area contributed by atoms with E-state index in [0.29, 0.717) is 0 Å². The molecule has 0 saturated carbocycles. The SMILES string of the molecule is CC(=N\NC1=NCCCN1)/C(C)=N/NC1=NCCCN1. The van der Waals surface area contributed by atoms with Crippen molar-refractivity contribution in [3.63, 3.8) is 0 Å². The third-order valence-corrected chi connectivity index (χ3v) is 2.98. The van der Waals surface area contributed by atoms with Crippen LogP contribution in [-0.4, -0.2) is 49.5 Å². The molecule has 0 bridgehead atoms. The van der Waals surface area contributed by atoms with Crippen molar-refractivity contribution in [2.24, 2.45) is 20.2 Å². The van der Waals surface area contributed by atoms with Crippen molar-refractivity contribution in [1.82, 2.24) is 21.5 Å². The molecule has 0 aromatic heterocycles. The van der Waals surface area contributed by atoms with Crippen LogP contribution in [0.2, 0.25) is 0 Å². The van der Waals surface area contributed by atoms with Crippen LogP contribution >= 0.6 is 0 Å². The standard InChI is InChI=1S/C12H22N8/c1-9(17-19-11-13-5-3-6-14-11)10(2)18-20-12-15-7-4-8-16-12/h3-8H2,1-2H3,(H2,13,14,19)(H2,15,16,20)/b17-9+,18-10+. The van der Waals surface area contributed by atoms with Gasteiger partial charge in [0.2, 0.25) is 11.9 Å². The minimum Gasteiger partial charge on any atom is -0.355 e. The number of nitrogens with zero attached hydrogens (tertiary/aromatic N) is 4. The lowest BCUT2D eigenvalue weighted by atomic mass is 10.3. The van der Waals surface area contributed by atoms with E-state index in [1.807, 2.05) is 13.8 Å². The van der Waals surface area contributed by atoms with E-state index in [9.17, 15) is 0 Å². The van der Waals surface area contributed by atoms with Crippen molar-refractivity contribution < 1.29 is 0 Å². The zero-order valence-electron chi connectivity index (χ0n) is 12.0. The van der Waals surface area contributed by atoms with E-state index >= 15 is 0 Å². The van der Waals surface area contributed by atoms with Gasteiger partial charge < -0.3 is 10.6 Å². The molecule has 0 aliphatic carbocycles. The number of hydrogen-bond acceptors (Lipinski definition) is 8. The fourth-order valence-corrected chi connectivity index (χ4v) is 1.65. The van der Waals surface area contributed by atoms with Crippen LogP contribution in [0.4, 0.5) is 0 Å². The highest BCUT2D eigenvalue weighted by Gasteiger charge is 2.04. The minimum atomic E-state index is 0.717. The highest BCUT2D eigenvalue weighted by atomic mass is 15.4. The largest absolute Gasteiger partial charge is 0.355 e. The van der Waals surface area contributed by atoms with Crippen LogP contribution in [0.15, 0.2) is 20.2 Å². The van der Waals surface area contributed by atoms with Gasteiger partial charge in [-0.2, -0.15) is 10.2 Å². The number of nitrogens with one attached hydrogen (secondary N) is 4. The van der Waals surface area contributed by atoms with Gasteiger partial charge in [-0.15, -0.1) is 0 Å². The lowest BCUT2D eigenvalue weighted by Gasteiger charge is -2.14. The van der Waals surface area contributed by atoms with Gasteiger partial charge in [-0.25, -0.2) is 10.9 Å². The summed E-state index contributed by atoms with van der Waals surface area (Å²) in [6, 6.07) is 0. The number of hydrogen-bond donors (Lipinski definition) is 4. The number of guanidine groups is 2. The van der Waals surface area contributed by atoms with Crippen molar-refractivity contribution in [3.8, 4) is 0 Å². The summed E-state index contributed by atoms with van der Waals surface area (Å²) >= 11 is 0. The molecule has 0 fully saturated rings. The smallest absolute Gasteiger partial charge is 0.212 e. The summed E-state index contributed by atoms with van der Waals surface area (Å²) < 4.78 is 0. The van der Waals surface area contributed by atoms with Crippen LogP contribution in [0.25, 0.3) is 0 Å². The first kappa shape index (κ1) is 14.3. The molecule has 8 heteroatoms. The Morgan fingerprint density at radius 1 is 0.900 bits per heavy atom. The molecule has 0 saturated heterocycles. The summed E-state index contributed by atoms with van der Waals surface area (Å²) in [6.45, 7) is 7.33. The molecule has 0 aromatic carbocycles. The summed E-state index contributed by atoms with van der Waals surface area (Å²) in [4.78, 5) is 8.57. The lowest BCUT2D eigenvalue weighted by molar-refractivity contribution is 0.710. The molecule has 2 aliphatic heterocycles. The van der Waals surface area contributed by atoms with E-state index in [1.54, 1.807) is 0 Å². The van der Waals surface area contributed by atoms with Crippen molar-refractivity contribution in [2.75, 3.05) is 26.2 Å². The fraction of sp³-hybridized carbons (Fsp3) is 0.667. The first-order valence-corrected chi connectivity index (χ1v) is 6.93. The molecule has 0 unspecified atom stereocenters. The second kappa shape index (κ2) is 7.46. The predicted molar refractivity (Wildman–Crippen MR) is 82.3 cm³/mol. The Morgan fingerprint density at radius 2 is 1.35 bits per heavy atom. The molecular formula is C12H22N8. The summed E-state index contributed by atoms with van der Waals surface area (Å²) in [5.41, 5.74) is 7.42. The first-order valence-electron chi connectivity index (χ1n) is 6.93. The van der Waals surface area contributed by atoms with E-state index in [1.165, 1.54) is 0 Å². The molecular weight excluding hydrogens is 256 g/mol. The van der Waals surface area contributed by atoms with Crippen LogP contribution in [0.5, 0.6) is 0 Å². The predicted octanol–water partition coefficient (Wildman–Crippen LogP) is -0.384. The quantitative estimate of drug-likeness (QED) is 0.418. The number of aliphatic imine (C=N–C) groups is 2. The van der Waals surface area contributed by atoms with Gasteiger partial charge in [-0.3, -0.25) is 9.98 Å². The van der Waals surface area contributed by atoms with Gasteiger partial charge in [-0.05, 0) is 26.7 Å². The van der Waals surface area contributed by atoms with Crippen LogP contribution in [0.1, 0.15) is 26.7 Å². The number of hydrazone groups is 2. The van der Waals surface area contributed by atoms with Gasteiger partial charge in [0.1, 0.15) is 0 Å². The van der Waals surface area contributed by atoms with E-state index in [4.69, 9.17) is 0 Å². The molecule has 0 spiro atoms. The van der Waals surface area contributed by atoms with Crippen molar-refractivity contribution in [1.29, 1.82) is 0 Å². The second-order valence-corrected chi connectivity index (χ2v) is 4.64. The Kier molecular flexibility index (Phi) is 5.33. The Bertz CT molecular complexity index is 406. The summed E-state index contributed by atoms with van der Waals surface area (Å²) in [6.07, 6.45) is 2.13. The van der Waals surface area contributed by atoms with Crippen LogP contribution < -0.4 is 21.5 Å². The Hall–Kier alpha value is -2.12. The molecule has 8 nitrogen and oxygen atoms in total. The van der Waals surface area contributed by atoms with Gasteiger partial charge in [0.25, 0.3) is 0 Å². The topological polar surface area (TPSA) is 97.6 Å². The highest BCUT2D eigenvalue weighted by molar-refractivity contribution is 6.40. The molecule has 2 rings (SSSR count). The molecule has 2 aliphatic rings. The van der Waals surface area contributed by atoms with Crippen molar-refractivity contribution in [2.45, 2.75) is 26.7 Å². The van der Waals surface area contributed by atoms with E-state index in [0.717, 1.165) is 62.4 Å². The maximum absolute atomic E-state index is 4.28. The van der Waals surface area contributed by atoms with Gasteiger partial charge in [0, 0.05) is 26.2 Å². The summed E-state index contributed by atoms with van der Waals surface area (Å²) in [5.74, 6) is 1.43. The zero-order chi connectivity index (χ0) is 14.2. The van der Waals surface area contributed by atoms with Gasteiger partial charge >= 0.3 is 0 Å². The third kappa shape index (κ3) is 4.52. The molecule has 20 heavy (non-hydrogen) atoms. The molecule has 4 N–H and O–H groups in total. The molecule has 110 valence electrons. The first-order chi connectivity index (χ1) is 9.75. The Morgan fingerprint density at radius 3 is 1.70 bits per heavy atom. The van der Waals surface area contributed by atoms with E-state index < -0.39 is 0 Å². The van der Waals surface area contributed by atoms with E-state index in [2.05, 4.69) is 41.7 Å². The van der Waals surface area contributed by atoms with Crippen LogP contribution in [-0.2, 0) is 0 Å². The van der Waals surface area contributed by atoms with Crippen LogP contribution in [0.3, 0.4) is 0 Å². The zero-order valence-corrected chi connectivity index (χ0v) is 12.0. The minimum absolute atomic E-state index is 0.717. The van der Waals surface area contributed by atoms with Crippen LogP contribution in [0, 0.1) is 0 Å². The molecule has 0 amide bonds. The summed E-state index contributed by atoms with van der Waals surface area (Å²) in [7, 11) is 0. The average molecular weight is 278 g/mol. The number of rotatable bonds is 3. The van der Waals surface area contributed by atoms with Gasteiger partial charge in [0.05, 0.1) is 11.4 Å². The molecule has 0 radical (unpaired) electrons. The van der Waals surface area contributed by atoms with Gasteiger partial charge in [0.15, 0.2) is 0 Å². The second-order valence-electron chi connectivity index (χ2n) is 4.64. The monoisotopic (exact) mass is 278 g/mol. The Labute approximate surface area is 118 Å². The molecule has 2 heterocycles. The fourth-order valence-electron chi connectivity index (χ4n) is 1.65. The Balaban J connectivity index is 1.84. The highest BCUT2D eigenvalue weighted by Crippen LogP contribution is 1.89. The maximum Gasteiger partial charge on any atom is 0.212 e. The lowest BCUT2D eigenvalue weighted by Crippen LogP contribution is -2.39. The van der Waals surface area contributed by atoms with Crippen molar-refractivity contribution in [3.05, 3.63) is 0 Å². The normalized spacial score (nSPS) is 20.3.